The monoisotopic (exact) mass is 452 g/mol. The molecule has 0 radical (unpaired) electrons. The molecule has 3 aromatic rings. The highest BCUT2D eigenvalue weighted by molar-refractivity contribution is 7.92. The van der Waals surface area contributed by atoms with Gasteiger partial charge >= 0.3 is 6.03 Å². The molecule has 168 valence electrons. The summed E-state index contributed by atoms with van der Waals surface area (Å²) in [7, 11) is 1.60. The summed E-state index contributed by atoms with van der Waals surface area (Å²) in [6.07, 6.45) is 0. The summed E-state index contributed by atoms with van der Waals surface area (Å²) in [6.45, 7) is 0.619. The summed E-state index contributed by atoms with van der Waals surface area (Å²) in [5.74, 6) is 0. The van der Waals surface area contributed by atoms with Gasteiger partial charge in [0, 0.05) is 19.3 Å². The molecule has 0 heterocycles. The second-order valence-corrected chi connectivity index (χ2v) is 9.63. The summed E-state index contributed by atoms with van der Waals surface area (Å²) >= 11 is 0. The Bertz CT molecular complexity index is 1140. The summed E-state index contributed by atoms with van der Waals surface area (Å²) in [6, 6.07) is 24.1. The Hall–Kier alpha value is -3.36. The van der Waals surface area contributed by atoms with Crippen molar-refractivity contribution in [2.45, 2.75) is 10.9 Å². The minimum Gasteiger partial charge on any atom is -0.330 e. The zero-order valence-electron chi connectivity index (χ0n) is 18.4. The summed E-state index contributed by atoms with van der Waals surface area (Å²) in [4.78, 5) is 14.8. The number of anilines is 2. The lowest BCUT2D eigenvalue weighted by Gasteiger charge is -2.23. The molecule has 32 heavy (non-hydrogen) atoms. The van der Waals surface area contributed by atoms with Gasteiger partial charge in [0.25, 0.3) is 10.0 Å². The van der Waals surface area contributed by atoms with Gasteiger partial charge in [0.15, 0.2) is 0 Å². The maximum absolute atomic E-state index is 13.0. The van der Waals surface area contributed by atoms with Crippen LogP contribution in [0.1, 0.15) is 11.6 Å². The van der Waals surface area contributed by atoms with Gasteiger partial charge in [0.05, 0.1) is 16.6 Å². The Morgan fingerprint density at radius 2 is 1.50 bits per heavy atom. The number of carbonyl (C=O) groups excluding carboxylic acids is 1. The van der Waals surface area contributed by atoms with Crippen LogP contribution >= 0.6 is 0 Å². The molecule has 3 aromatic carbocycles. The topological polar surface area (TPSA) is 81.8 Å². The van der Waals surface area contributed by atoms with Crippen LogP contribution in [0.25, 0.3) is 0 Å². The van der Waals surface area contributed by atoms with E-state index in [1.165, 1.54) is 23.5 Å². The normalized spacial score (nSPS) is 12.2. The molecule has 0 aliphatic carbocycles. The van der Waals surface area contributed by atoms with Crippen molar-refractivity contribution in [3.63, 3.8) is 0 Å². The van der Waals surface area contributed by atoms with Crippen LogP contribution in [0.2, 0.25) is 0 Å². The molecule has 3 rings (SSSR count). The highest BCUT2D eigenvalue weighted by Crippen LogP contribution is 2.24. The zero-order valence-corrected chi connectivity index (χ0v) is 19.2. The largest absolute Gasteiger partial charge is 0.330 e. The molecule has 2 amide bonds. The molecule has 0 spiro atoms. The number of amides is 2. The number of hydrogen-bond acceptors (Lipinski definition) is 4. The van der Waals surface area contributed by atoms with Crippen molar-refractivity contribution in [2.75, 3.05) is 37.3 Å². The van der Waals surface area contributed by atoms with E-state index in [1.807, 2.05) is 55.4 Å². The molecule has 7 nitrogen and oxygen atoms in total. The molecular weight excluding hydrogens is 424 g/mol. The summed E-state index contributed by atoms with van der Waals surface area (Å²) in [5, 5.41) is 5.72. The number of likely N-dealkylation sites (N-methyl/N-ethyl adjacent to an activating group) is 1. The first kappa shape index (κ1) is 23.3. The first-order chi connectivity index (χ1) is 15.3. The average molecular weight is 453 g/mol. The van der Waals surface area contributed by atoms with E-state index in [0.29, 0.717) is 17.9 Å². The Morgan fingerprint density at radius 3 is 2.12 bits per heavy atom. The molecule has 1 unspecified atom stereocenters. The van der Waals surface area contributed by atoms with Crippen LogP contribution in [0.3, 0.4) is 0 Å². The first-order valence-corrected chi connectivity index (χ1v) is 11.6. The zero-order chi connectivity index (χ0) is 23.1. The molecule has 0 bridgehead atoms. The lowest BCUT2D eigenvalue weighted by molar-refractivity contribution is 0.244. The van der Waals surface area contributed by atoms with Crippen molar-refractivity contribution in [3.05, 3.63) is 90.5 Å². The van der Waals surface area contributed by atoms with Gasteiger partial charge in [-0.1, -0.05) is 54.6 Å². The third-order valence-corrected chi connectivity index (χ3v) is 6.71. The predicted octanol–water partition coefficient (Wildman–Crippen LogP) is 3.94. The van der Waals surface area contributed by atoms with E-state index in [0.717, 1.165) is 5.56 Å². The van der Waals surface area contributed by atoms with Gasteiger partial charge in [0.1, 0.15) is 0 Å². The number of sulfonamides is 1. The van der Waals surface area contributed by atoms with E-state index in [2.05, 4.69) is 10.6 Å². The Kier molecular flexibility index (Phi) is 7.50. The van der Waals surface area contributed by atoms with Crippen molar-refractivity contribution in [1.29, 1.82) is 0 Å². The van der Waals surface area contributed by atoms with Crippen molar-refractivity contribution < 1.29 is 13.2 Å². The van der Waals surface area contributed by atoms with Gasteiger partial charge in [-0.25, -0.2) is 13.2 Å². The molecule has 0 saturated heterocycles. The van der Waals surface area contributed by atoms with E-state index in [1.54, 1.807) is 36.4 Å². The van der Waals surface area contributed by atoms with Crippen molar-refractivity contribution in [1.82, 2.24) is 10.2 Å². The fourth-order valence-corrected chi connectivity index (χ4v) is 4.52. The van der Waals surface area contributed by atoms with E-state index < -0.39 is 16.1 Å². The van der Waals surface area contributed by atoms with Crippen LogP contribution in [-0.4, -0.2) is 47.0 Å². The highest BCUT2D eigenvalue weighted by atomic mass is 32.2. The smallest absolute Gasteiger partial charge is 0.319 e. The third kappa shape index (κ3) is 5.87. The fourth-order valence-electron chi connectivity index (χ4n) is 3.28. The van der Waals surface area contributed by atoms with Gasteiger partial charge in [0.2, 0.25) is 0 Å². The van der Waals surface area contributed by atoms with Crippen LogP contribution in [0.15, 0.2) is 89.8 Å². The van der Waals surface area contributed by atoms with Gasteiger partial charge < -0.3 is 15.5 Å². The van der Waals surface area contributed by atoms with Crippen LogP contribution in [0, 0.1) is 0 Å². The quantitative estimate of drug-likeness (QED) is 0.543. The van der Waals surface area contributed by atoms with E-state index >= 15 is 0 Å². The predicted molar refractivity (Wildman–Crippen MR) is 128 cm³/mol. The molecule has 8 heteroatoms. The number of hydrogen-bond donors (Lipinski definition) is 2. The van der Waals surface area contributed by atoms with E-state index in [-0.39, 0.29) is 10.9 Å². The Morgan fingerprint density at radius 1 is 0.875 bits per heavy atom. The minimum atomic E-state index is -3.78. The van der Waals surface area contributed by atoms with Gasteiger partial charge in [-0.15, -0.1) is 0 Å². The number of carbonyl (C=O) groups is 1. The highest BCUT2D eigenvalue weighted by Gasteiger charge is 2.22. The van der Waals surface area contributed by atoms with Crippen molar-refractivity contribution in [2.24, 2.45) is 0 Å². The van der Waals surface area contributed by atoms with Crippen LogP contribution in [0.4, 0.5) is 16.2 Å². The van der Waals surface area contributed by atoms with Gasteiger partial charge in [-0.2, -0.15) is 0 Å². The molecule has 0 saturated carbocycles. The van der Waals surface area contributed by atoms with Gasteiger partial charge in [-0.05, 0) is 50.0 Å². The second kappa shape index (κ2) is 10.3. The third-order valence-electron chi connectivity index (χ3n) is 4.93. The maximum Gasteiger partial charge on any atom is 0.319 e. The number of benzene rings is 3. The number of para-hydroxylation sites is 1. The fraction of sp³-hybridized carbons (Fsp3) is 0.208. The van der Waals surface area contributed by atoms with Crippen LogP contribution < -0.4 is 14.9 Å². The molecule has 0 fully saturated rings. The molecule has 0 aliphatic heterocycles. The maximum atomic E-state index is 13.0. The van der Waals surface area contributed by atoms with E-state index in [4.69, 9.17) is 0 Å². The number of nitrogens with zero attached hydrogens (tertiary/aromatic N) is 2. The molecule has 1 atom stereocenters. The van der Waals surface area contributed by atoms with Crippen molar-refractivity contribution >= 4 is 27.4 Å². The molecular formula is C24H28N4O3S. The van der Waals surface area contributed by atoms with Crippen LogP contribution in [0.5, 0.6) is 0 Å². The summed E-state index contributed by atoms with van der Waals surface area (Å²) < 4.78 is 27.3. The van der Waals surface area contributed by atoms with Crippen LogP contribution in [-0.2, 0) is 10.0 Å². The standard InChI is InChI=1S/C24H28N4O3S/c1-27(2)18-23(19-11-6-4-7-12-19)26-24(29)25-20-13-10-16-22(17-20)32(30,31)28(3)21-14-8-5-9-15-21/h4-17,23H,18H2,1-3H3,(H2,25,26,29). The molecule has 2 N–H and O–H groups in total. The Balaban J connectivity index is 1.75. The van der Waals surface area contributed by atoms with E-state index in [9.17, 15) is 13.2 Å². The molecule has 0 aromatic heterocycles. The minimum absolute atomic E-state index is 0.0922. The Labute approximate surface area is 189 Å². The second-order valence-electron chi connectivity index (χ2n) is 7.66. The lowest BCUT2D eigenvalue weighted by atomic mass is 10.1. The summed E-state index contributed by atoms with van der Waals surface area (Å²) in [5.41, 5.74) is 1.93. The average Bonchev–Trinajstić information content (AvgIpc) is 2.79. The number of nitrogens with one attached hydrogen (secondary N) is 2. The number of rotatable bonds is 8. The SMILES string of the molecule is CN(C)CC(NC(=O)Nc1cccc(S(=O)(=O)N(C)c2ccccc2)c1)c1ccccc1. The van der Waals surface area contributed by atoms with Crippen molar-refractivity contribution in [3.8, 4) is 0 Å². The lowest BCUT2D eigenvalue weighted by Crippen LogP contribution is -2.37. The van der Waals surface area contributed by atoms with Gasteiger partial charge in [-0.3, -0.25) is 4.31 Å². The first-order valence-electron chi connectivity index (χ1n) is 10.2. The molecule has 0 aliphatic rings. The number of urea groups is 1.